The molecule has 20 heavy (non-hydrogen) atoms. The van der Waals surface area contributed by atoms with E-state index in [1.807, 2.05) is 30.3 Å². The Labute approximate surface area is 119 Å². The summed E-state index contributed by atoms with van der Waals surface area (Å²) in [7, 11) is 1.77. The van der Waals surface area contributed by atoms with Gasteiger partial charge < -0.3 is 14.7 Å². The van der Waals surface area contributed by atoms with Crippen molar-refractivity contribution in [1.29, 1.82) is 0 Å². The van der Waals surface area contributed by atoms with Crippen molar-refractivity contribution in [2.45, 2.75) is 25.6 Å². The van der Waals surface area contributed by atoms with Gasteiger partial charge in [-0.25, -0.2) is 4.98 Å². The number of hydrogen-bond donors (Lipinski definition) is 1. The van der Waals surface area contributed by atoms with Gasteiger partial charge in [-0.15, -0.1) is 0 Å². The predicted molar refractivity (Wildman–Crippen MR) is 79.9 cm³/mol. The highest BCUT2D eigenvalue weighted by atomic mass is 16.5. The van der Waals surface area contributed by atoms with E-state index in [1.165, 1.54) is 0 Å². The summed E-state index contributed by atoms with van der Waals surface area (Å²) in [5, 5.41) is 10.6. The second kappa shape index (κ2) is 5.77. The van der Waals surface area contributed by atoms with Gasteiger partial charge in [-0.1, -0.05) is 18.2 Å². The van der Waals surface area contributed by atoms with Gasteiger partial charge in [0, 0.05) is 25.6 Å². The summed E-state index contributed by atoms with van der Waals surface area (Å²) in [5.74, 6) is 0.939. The Hall–Kier alpha value is -1.65. The normalized spacial score (nSPS) is 19.5. The van der Waals surface area contributed by atoms with Crippen LogP contribution in [0.25, 0.3) is 10.9 Å². The van der Waals surface area contributed by atoms with E-state index in [0.29, 0.717) is 0 Å². The van der Waals surface area contributed by atoms with Crippen LogP contribution < -0.4 is 4.90 Å². The Bertz CT molecular complexity index is 600. The molecule has 0 saturated carbocycles. The van der Waals surface area contributed by atoms with Crippen molar-refractivity contribution in [3.8, 4) is 0 Å². The molecular weight excluding hydrogens is 252 g/mol. The zero-order chi connectivity index (χ0) is 13.9. The second-order valence-electron chi connectivity index (χ2n) is 5.26. The van der Waals surface area contributed by atoms with E-state index in [-0.39, 0.29) is 12.7 Å². The third-order valence-corrected chi connectivity index (χ3v) is 3.99. The first kappa shape index (κ1) is 13.3. The molecule has 4 heteroatoms. The molecule has 1 atom stereocenters. The molecule has 1 saturated heterocycles. The van der Waals surface area contributed by atoms with Crippen LogP contribution in [0.4, 0.5) is 5.82 Å². The van der Waals surface area contributed by atoms with Crippen LogP contribution in [0.15, 0.2) is 30.3 Å². The first-order valence-electron chi connectivity index (χ1n) is 7.09. The monoisotopic (exact) mass is 272 g/mol. The van der Waals surface area contributed by atoms with E-state index in [9.17, 15) is 5.11 Å². The van der Waals surface area contributed by atoms with Gasteiger partial charge in [0.15, 0.2) is 0 Å². The van der Waals surface area contributed by atoms with Crippen molar-refractivity contribution in [3.63, 3.8) is 0 Å². The fourth-order valence-electron chi connectivity index (χ4n) is 2.86. The highest BCUT2D eigenvalue weighted by molar-refractivity contribution is 5.84. The van der Waals surface area contributed by atoms with Crippen molar-refractivity contribution in [2.24, 2.45) is 0 Å². The molecule has 1 aromatic carbocycles. The Morgan fingerprint density at radius 2 is 2.25 bits per heavy atom. The lowest BCUT2D eigenvalue weighted by molar-refractivity contribution is 0.0891. The average Bonchev–Trinajstić information content (AvgIpc) is 2.53. The first-order valence-corrected chi connectivity index (χ1v) is 7.09. The Balaban J connectivity index is 1.99. The maximum Gasteiger partial charge on any atom is 0.129 e. The summed E-state index contributed by atoms with van der Waals surface area (Å²) < 4.78 is 5.47. The molecule has 0 spiro atoms. The van der Waals surface area contributed by atoms with Crippen molar-refractivity contribution >= 4 is 16.7 Å². The van der Waals surface area contributed by atoms with Crippen LogP contribution >= 0.6 is 0 Å². The number of benzene rings is 1. The number of rotatable bonds is 3. The average molecular weight is 272 g/mol. The van der Waals surface area contributed by atoms with E-state index < -0.39 is 0 Å². The predicted octanol–water partition coefficient (Wildman–Crippen LogP) is 2.34. The largest absolute Gasteiger partial charge is 0.392 e. The third kappa shape index (κ3) is 2.49. The molecule has 1 aromatic heterocycles. The van der Waals surface area contributed by atoms with E-state index in [0.717, 1.165) is 48.2 Å². The number of aliphatic hydroxyl groups excluding tert-OH is 1. The SMILES string of the molecule is COC1CCCN(c2cc(CO)c3ccccc3n2)C1. The summed E-state index contributed by atoms with van der Waals surface area (Å²) >= 11 is 0. The molecule has 1 N–H and O–H groups in total. The summed E-state index contributed by atoms with van der Waals surface area (Å²) in [6, 6.07) is 9.96. The molecule has 1 aliphatic heterocycles. The number of pyridine rings is 1. The molecule has 0 radical (unpaired) electrons. The summed E-state index contributed by atoms with van der Waals surface area (Å²) in [4.78, 5) is 6.99. The number of aromatic nitrogens is 1. The summed E-state index contributed by atoms with van der Waals surface area (Å²) in [6.07, 6.45) is 2.49. The van der Waals surface area contributed by atoms with Gasteiger partial charge in [0.05, 0.1) is 18.2 Å². The van der Waals surface area contributed by atoms with Crippen LogP contribution in [0.1, 0.15) is 18.4 Å². The lowest BCUT2D eigenvalue weighted by atomic mass is 10.1. The van der Waals surface area contributed by atoms with Gasteiger partial charge in [-0.2, -0.15) is 0 Å². The van der Waals surface area contributed by atoms with Gasteiger partial charge in [-0.3, -0.25) is 0 Å². The molecule has 4 nitrogen and oxygen atoms in total. The molecule has 0 aliphatic carbocycles. The topological polar surface area (TPSA) is 45.6 Å². The zero-order valence-electron chi connectivity index (χ0n) is 11.7. The summed E-state index contributed by atoms with van der Waals surface area (Å²) in [5.41, 5.74) is 1.87. The fourth-order valence-corrected chi connectivity index (χ4v) is 2.86. The minimum absolute atomic E-state index is 0.0393. The fraction of sp³-hybridized carbons (Fsp3) is 0.438. The molecule has 1 unspecified atom stereocenters. The minimum atomic E-state index is 0.0393. The van der Waals surface area contributed by atoms with Crippen molar-refractivity contribution < 1.29 is 9.84 Å². The van der Waals surface area contributed by atoms with E-state index in [2.05, 4.69) is 4.90 Å². The van der Waals surface area contributed by atoms with E-state index in [1.54, 1.807) is 7.11 Å². The Kier molecular flexibility index (Phi) is 3.85. The first-order chi connectivity index (χ1) is 9.81. The van der Waals surface area contributed by atoms with E-state index in [4.69, 9.17) is 9.72 Å². The quantitative estimate of drug-likeness (QED) is 0.931. The van der Waals surface area contributed by atoms with E-state index >= 15 is 0 Å². The van der Waals surface area contributed by atoms with Crippen molar-refractivity contribution in [1.82, 2.24) is 4.98 Å². The number of para-hydroxylation sites is 1. The van der Waals surface area contributed by atoms with Crippen LogP contribution in [0.2, 0.25) is 0 Å². The van der Waals surface area contributed by atoms with Crippen LogP contribution in [-0.4, -0.2) is 36.4 Å². The smallest absolute Gasteiger partial charge is 0.129 e. The molecule has 0 bridgehead atoms. The molecule has 106 valence electrons. The summed E-state index contributed by atoms with van der Waals surface area (Å²) in [6.45, 7) is 1.90. The third-order valence-electron chi connectivity index (χ3n) is 3.99. The van der Waals surface area contributed by atoms with Gasteiger partial charge >= 0.3 is 0 Å². The number of ether oxygens (including phenoxy) is 1. The van der Waals surface area contributed by atoms with Crippen LogP contribution in [-0.2, 0) is 11.3 Å². The van der Waals surface area contributed by atoms with Crippen LogP contribution in [0.5, 0.6) is 0 Å². The van der Waals surface area contributed by atoms with Crippen LogP contribution in [0.3, 0.4) is 0 Å². The molecule has 2 heterocycles. The number of fused-ring (bicyclic) bond motifs is 1. The highest BCUT2D eigenvalue weighted by Crippen LogP contribution is 2.25. The highest BCUT2D eigenvalue weighted by Gasteiger charge is 2.21. The standard InChI is InChI=1S/C16H20N2O2/c1-20-13-5-4-8-18(10-13)16-9-12(11-19)14-6-2-3-7-15(14)17-16/h2-3,6-7,9,13,19H,4-5,8,10-11H2,1H3. The zero-order valence-corrected chi connectivity index (χ0v) is 11.7. The number of aliphatic hydroxyl groups is 1. The van der Waals surface area contributed by atoms with Gasteiger partial charge in [0.2, 0.25) is 0 Å². The second-order valence-corrected chi connectivity index (χ2v) is 5.26. The molecule has 0 amide bonds. The van der Waals surface area contributed by atoms with Crippen molar-refractivity contribution in [3.05, 3.63) is 35.9 Å². The molecule has 3 rings (SSSR count). The Morgan fingerprint density at radius 3 is 3.05 bits per heavy atom. The molecular formula is C16H20N2O2. The minimum Gasteiger partial charge on any atom is -0.392 e. The van der Waals surface area contributed by atoms with Gasteiger partial charge in [-0.05, 0) is 30.5 Å². The number of anilines is 1. The lowest BCUT2D eigenvalue weighted by Gasteiger charge is -2.33. The maximum atomic E-state index is 9.59. The van der Waals surface area contributed by atoms with Gasteiger partial charge in [0.25, 0.3) is 0 Å². The number of hydrogen-bond acceptors (Lipinski definition) is 4. The van der Waals surface area contributed by atoms with Gasteiger partial charge in [0.1, 0.15) is 5.82 Å². The molecule has 1 aliphatic rings. The maximum absolute atomic E-state index is 9.59. The van der Waals surface area contributed by atoms with Crippen molar-refractivity contribution in [2.75, 3.05) is 25.1 Å². The number of piperidine rings is 1. The Morgan fingerprint density at radius 1 is 1.40 bits per heavy atom. The number of nitrogens with zero attached hydrogens (tertiary/aromatic N) is 2. The van der Waals surface area contributed by atoms with Crippen LogP contribution in [0, 0.1) is 0 Å². The molecule has 2 aromatic rings. The lowest BCUT2D eigenvalue weighted by Crippen LogP contribution is -2.39. The molecule has 1 fully saturated rings. The number of methoxy groups -OCH3 is 1.